The number of rotatable bonds is 8. The Morgan fingerprint density at radius 2 is 2.00 bits per heavy atom. The number of aliphatic hydroxyl groups is 1. The van der Waals surface area contributed by atoms with Crippen LogP contribution in [0.4, 0.5) is 0 Å². The number of ether oxygens (including phenoxy) is 2. The molecule has 0 bridgehead atoms. The molecule has 1 amide bonds. The van der Waals surface area contributed by atoms with Gasteiger partial charge in [0.1, 0.15) is 11.5 Å². The first-order chi connectivity index (χ1) is 16.1. The van der Waals surface area contributed by atoms with Crippen molar-refractivity contribution in [3.63, 3.8) is 0 Å². The first-order valence-electron chi connectivity index (χ1n) is 11.3. The summed E-state index contributed by atoms with van der Waals surface area (Å²) in [6.45, 7) is 6.70. The summed E-state index contributed by atoms with van der Waals surface area (Å²) >= 11 is 0. The van der Waals surface area contributed by atoms with Crippen molar-refractivity contribution in [2.75, 3.05) is 46.0 Å². The topological polar surface area (TPSA) is 92.2 Å². The van der Waals surface area contributed by atoms with Crippen LogP contribution in [-0.2, 0) is 14.3 Å². The lowest BCUT2D eigenvalue weighted by molar-refractivity contribution is -0.140. The predicted octanol–water partition coefficient (Wildman–Crippen LogP) is 2.62. The van der Waals surface area contributed by atoms with Crippen molar-refractivity contribution in [2.45, 2.75) is 19.4 Å². The average molecular weight is 452 g/mol. The maximum absolute atomic E-state index is 13.1. The van der Waals surface area contributed by atoms with Gasteiger partial charge in [0.15, 0.2) is 0 Å². The Balaban J connectivity index is 1.65. The predicted molar refractivity (Wildman–Crippen MR) is 123 cm³/mol. The third-order valence-electron chi connectivity index (χ3n) is 5.94. The van der Waals surface area contributed by atoms with E-state index >= 15 is 0 Å². The van der Waals surface area contributed by atoms with Crippen LogP contribution in [0.1, 0.15) is 30.5 Å². The van der Waals surface area contributed by atoms with Crippen molar-refractivity contribution < 1.29 is 24.2 Å². The summed E-state index contributed by atoms with van der Waals surface area (Å²) in [7, 11) is 0. The van der Waals surface area contributed by atoms with E-state index in [1.807, 2.05) is 13.0 Å². The number of ketones is 1. The van der Waals surface area contributed by atoms with Gasteiger partial charge >= 0.3 is 0 Å². The molecule has 0 spiro atoms. The summed E-state index contributed by atoms with van der Waals surface area (Å²) in [6.07, 6.45) is 3.98. The Hall–Kier alpha value is -3.23. The smallest absolute Gasteiger partial charge is 0.295 e. The molecule has 1 atom stereocenters. The molecule has 1 unspecified atom stereocenters. The van der Waals surface area contributed by atoms with Crippen molar-refractivity contribution in [1.82, 2.24) is 14.8 Å². The second kappa shape index (κ2) is 10.6. The van der Waals surface area contributed by atoms with E-state index < -0.39 is 17.7 Å². The third-order valence-corrected chi connectivity index (χ3v) is 5.94. The number of benzene rings is 1. The van der Waals surface area contributed by atoms with E-state index in [-0.39, 0.29) is 11.3 Å². The highest BCUT2D eigenvalue weighted by atomic mass is 16.5. The van der Waals surface area contributed by atoms with Crippen LogP contribution < -0.4 is 4.74 Å². The van der Waals surface area contributed by atoms with Crippen LogP contribution in [0.15, 0.2) is 54.4 Å². The van der Waals surface area contributed by atoms with Crippen molar-refractivity contribution in [2.24, 2.45) is 0 Å². The zero-order valence-electron chi connectivity index (χ0n) is 18.8. The number of morpholine rings is 1. The Morgan fingerprint density at radius 3 is 2.73 bits per heavy atom. The standard InChI is InChI=1S/C25H29N3O5/c1-2-33-20-8-3-6-18(16-20)23(29)21-22(19-7-4-9-26-17-19)28(25(31)24(21)30)11-5-10-27-12-14-32-15-13-27/h3-4,6-9,16-17,22,29H,2,5,10-15H2,1H3/b23-21+. The maximum Gasteiger partial charge on any atom is 0.295 e. The fourth-order valence-electron chi connectivity index (χ4n) is 4.34. The molecule has 8 nitrogen and oxygen atoms in total. The van der Waals surface area contributed by atoms with Gasteiger partial charge in [0, 0.05) is 44.1 Å². The van der Waals surface area contributed by atoms with Crippen molar-refractivity contribution >= 4 is 17.4 Å². The number of carbonyl (C=O) groups excluding carboxylic acids is 2. The number of hydrogen-bond donors (Lipinski definition) is 1. The van der Waals surface area contributed by atoms with Crippen molar-refractivity contribution in [1.29, 1.82) is 0 Å². The van der Waals surface area contributed by atoms with Crippen molar-refractivity contribution in [3.8, 4) is 5.75 Å². The second-order valence-electron chi connectivity index (χ2n) is 8.05. The summed E-state index contributed by atoms with van der Waals surface area (Å²) in [5.41, 5.74) is 1.19. The number of Topliss-reactive ketones (excluding diaryl/α,β-unsaturated/α-hetero) is 1. The van der Waals surface area contributed by atoms with Gasteiger partial charge in [0.25, 0.3) is 11.7 Å². The van der Waals surface area contributed by atoms with Gasteiger partial charge < -0.3 is 19.5 Å². The van der Waals surface area contributed by atoms with E-state index in [2.05, 4.69) is 9.88 Å². The molecule has 0 aliphatic carbocycles. The molecule has 3 heterocycles. The summed E-state index contributed by atoms with van der Waals surface area (Å²) in [5.74, 6) is -0.915. The van der Waals surface area contributed by atoms with Crippen LogP contribution in [0.3, 0.4) is 0 Å². The van der Waals surface area contributed by atoms with E-state index in [1.165, 1.54) is 0 Å². The maximum atomic E-state index is 13.1. The molecule has 2 saturated heterocycles. The first kappa shape index (κ1) is 22.9. The number of hydrogen-bond acceptors (Lipinski definition) is 7. The van der Waals surface area contributed by atoms with Gasteiger partial charge in [-0.25, -0.2) is 0 Å². The highest BCUT2D eigenvalue weighted by Crippen LogP contribution is 2.39. The number of likely N-dealkylation sites (tertiary alicyclic amines) is 1. The highest BCUT2D eigenvalue weighted by molar-refractivity contribution is 6.46. The summed E-state index contributed by atoms with van der Waals surface area (Å²) < 4.78 is 10.9. The number of carbonyl (C=O) groups is 2. The van der Waals surface area contributed by atoms with Gasteiger partial charge in [0.2, 0.25) is 0 Å². The molecule has 174 valence electrons. The number of aromatic nitrogens is 1. The SMILES string of the molecule is CCOc1cccc(/C(O)=C2\C(=O)C(=O)N(CCCN3CCOCC3)C2c2cccnc2)c1. The van der Waals surface area contributed by atoms with Crippen LogP contribution in [0.5, 0.6) is 5.75 Å². The van der Waals surface area contributed by atoms with Gasteiger partial charge in [-0.05, 0) is 37.1 Å². The lowest BCUT2D eigenvalue weighted by atomic mass is 9.96. The average Bonchev–Trinajstić information content (AvgIpc) is 3.10. The molecule has 4 rings (SSSR count). The van der Waals surface area contributed by atoms with E-state index in [9.17, 15) is 14.7 Å². The molecular weight excluding hydrogens is 422 g/mol. The van der Waals surface area contributed by atoms with E-state index in [0.717, 1.165) is 19.6 Å². The largest absolute Gasteiger partial charge is 0.507 e. The minimum atomic E-state index is -0.695. The third kappa shape index (κ3) is 5.07. The van der Waals surface area contributed by atoms with Gasteiger partial charge in [0.05, 0.1) is 31.4 Å². The molecule has 2 aromatic rings. The highest BCUT2D eigenvalue weighted by Gasteiger charge is 2.46. The minimum Gasteiger partial charge on any atom is -0.507 e. The number of amides is 1. The van der Waals surface area contributed by atoms with Crippen LogP contribution >= 0.6 is 0 Å². The molecular formula is C25H29N3O5. The Morgan fingerprint density at radius 1 is 1.18 bits per heavy atom. The molecule has 33 heavy (non-hydrogen) atoms. The fourth-order valence-corrected chi connectivity index (χ4v) is 4.34. The van der Waals surface area contributed by atoms with Gasteiger partial charge in [-0.15, -0.1) is 0 Å². The Bertz CT molecular complexity index is 1020. The van der Waals surface area contributed by atoms with Gasteiger partial charge in [-0.2, -0.15) is 0 Å². The molecule has 0 radical (unpaired) electrons. The normalized spacial score (nSPS) is 20.9. The van der Waals surface area contributed by atoms with Crippen molar-refractivity contribution in [3.05, 3.63) is 65.5 Å². The molecule has 2 fully saturated rings. The van der Waals surface area contributed by atoms with Gasteiger partial charge in [-0.3, -0.25) is 19.5 Å². The second-order valence-corrected chi connectivity index (χ2v) is 8.05. The molecule has 1 aromatic carbocycles. The van der Waals surface area contributed by atoms with Crippen LogP contribution in [0.25, 0.3) is 5.76 Å². The Labute approximate surface area is 193 Å². The van der Waals surface area contributed by atoms with Crippen LogP contribution in [-0.4, -0.2) is 77.6 Å². The minimum absolute atomic E-state index is 0.0769. The molecule has 8 heteroatoms. The lowest BCUT2D eigenvalue weighted by Gasteiger charge is -2.29. The number of aliphatic hydroxyl groups excluding tert-OH is 1. The zero-order chi connectivity index (χ0) is 23.2. The van der Waals surface area contributed by atoms with Crippen LogP contribution in [0.2, 0.25) is 0 Å². The molecule has 1 N–H and O–H groups in total. The van der Waals surface area contributed by atoms with E-state index in [0.29, 0.717) is 49.7 Å². The summed E-state index contributed by atoms with van der Waals surface area (Å²) in [6, 6.07) is 9.79. The molecule has 0 saturated carbocycles. The zero-order valence-corrected chi connectivity index (χ0v) is 18.8. The molecule has 1 aromatic heterocycles. The van der Waals surface area contributed by atoms with E-state index in [1.54, 1.807) is 47.6 Å². The lowest BCUT2D eigenvalue weighted by Crippen LogP contribution is -2.39. The first-order valence-corrected chi connectivity index (χ1v) is 11.3. The summed E-state index contributed by atoms with van der Waals surface area (Å²) in [5, 5.41) is 11.2. The number of pyridine rings is 1. The fraction of sp³-hybridized carbons (Fsp3) is 0.400. The van der Waals surface area contributed by atoms with E-state index in [4.69, 9.17) is 9.47 Å². The molecule has 2 aliphatic heterocycles. The quantitative estimate of drug-likeness (QED) is 0.375. The monoisotopic (exact) mass is 451 g/mol. The Kier molecular flexibility index (Phi) is 7.36. The van der Waals surface area contributed by atoms with Gasteiger partial charge in [-0.1, -0.05) is 18.2 Å². The molecule has 2 aliphatic rings. The number of nitrogens with zero attached hydrogens (tertiary/aromatic N) is 3. The summed E-state index contributed by atoms with van der Waals surface area (Å²) in [4.78, 5) is 34.2. The van der Waals surface area contributed by atoms with Crippen LogP contribution in [0, 0.1) is 0 Å².